The van der Waals surface area contributed by atoms with Gasteiger partial charge in [-0.3, -0.25) is 14.7 Å². The molecular weight excluding hydrogens is 414 g/mol. The van der Waals surface area contributed by atoms with Crippen molar-refractivity contribution in [3.05, 3.63) is 78.4 Å². The van der Waals surface area contributed by atoms with E-state index >= 15 is 0 Å². The van der Waals surface area contributed by atoms with Gasteiger partial charge in [-0.1, -0.05) is 36.4 Å². The molecule has 1 aromatic carbocycles. The third kappa shape index (κ3) is 4.94. The number of carbonyl (C=O) groups is 1. The van der Waals surface area contributed by atoms with E-state index in [4.69, 9.17) is 9.72 Å². The van der Waals surface area contributed by atoms with E-state index < -0.39 is 0 Å². The lowest BCUT2D eigenvalue weighted by Crippen LogP contribution is -2.49. The van der Waals surface area contributed by atoms with Crippen molar-refractivity contribution >= 4 is 5.91 Å². The van der Waals surface area contributed by atoms with Gasteiger partial charge in [-0.25, -0.2) is 9.97 Å². The summed E-state index contributed by atoms with van der Waals surface area (Å²) in [5.41, 5.74) is 3.04. The van der Waals surface area contributed by atoms with Crippen LogP contribution in [0.15, 0.2) is 67.1 Å². The van der Waals surface area contributed by atoms with Crippen molar-refractivity contribution in [3.8, 4) is 11.4 Å². The van der Waals surface area contributed by atoms with Crippen molar-refractivity contribution in [2.45, 2.75) is 24.8 Å². The predicted octanol–water partition coefficient (Wildman–Crippen LogP) is 3.32. The Morgan fingerprint density at radius 3 is 2.45 bits per heavy atom. The largest absolute Gasteiger partial charge is 0.379 e. The van der Waals surface area contributed by atoms with Crippen LogP contribution in [0.2, 0.25) is 0 Å². The molecule has 2 aromatic heterocycles. The van der Waals surface area contributed by atoms with Crippen LogP contribution in [0.25, 0.3) is 11.4 Å². The van der Waals surface area contributed by atoms with Gasteiger partial charge in [-0.15, -0.1) is 0 Å². The molecule has 5 rings (SSSR count). The van der Waals surface area contributed by atoms with Crippen LogP contribution in [0.5, 0.6) is 0 Å². The number of nitrogens with zero attached hydrogens (tertiary/aromatic N) is 5. The highest BCUT2D eigenvalue weighted by molar-refractivity contribution is 5.83. The number of pyridine rings is 1. The lowest BCUT2D eigenvalue weighted by molar-refractivity contribution is -0.140. The lowest BCUT2D eigenvalue weighted by Gasteiger charge is -2.39. The third-order valence-corrected chi connectivity index (χ3v) is 6.58. The van der Waals surface area contributed by atoms with Crippen molar-refractivity contribution in [1.29, 1.82) is 0 Å². The van der Waals surface area contributed by atoms with Crippen LogP contribution in [0, 0.1) is 0 Å². The Balaban J connectivity index is 1.28. The zero-order chi connectivity index (χ0) is 22.5. The van der Waals surface area contributed by atoms with Gasteiger partial charge in [-0.05, 0) is 30.5 Å². The number of aromatic nitrogens is 3. The van der Waals surface area contributed by atoms with Crippen LogP contribution in [0.3, 0.4) is 0 Å². The standard InChI is InChI=1S/C26H29N5O2/c32-26(24(22-7-4-11-27-19-22)30-15-17-33-18-16-30)31-13-9-20(10-14-31)23-8-12-28-25(29-23)21-5-2-1-3-6-21/h1-8,11-12,19-20,24H,9-10,13-18H2/t24-/m1/s1. The van der Waals surface area contributed by atoms with E-state index in [1.165, 1.54) is 0 Å². The number of amides is 1. The van der Waals surface area contributed by atoms with Gasteiger partial charge in [0, 0.05) is 61.9 Å². The number of ether oxygens (including phenoxy) is 1. The molecule has 4 heterocycles. The normalized spacial score (nSPS) is 18.7. The Kier molecular flexibility index (Phi) is 6.69. The first kappa shape index (κ1) is 21.7. The minimum Gasteiger partial charge on any atom is -0.379 e. The summed E-state index contributed by atoms with van der Waals surface area (Å²) in [5.74, 6) is 1.26. The zero-order valence-corrected chi connectivity index (χ0v) is 18.7. The minimum absolute atomic E-state index is 0.163. The van der Waals surface area contributed by atoms with E-state index in [-0.39, 0.29) is 11.9 Å². The molecule has 0 saturated carbocycles. The van der Waals surface area contributed by atoms with Crippen LogP contribution in [0.1, 0.15) is 36.1 Å². The first-order valence-corrected chi connectivity index (χ1v) is 11.7. The molecule has 0 bridgehead atoms. The highest BCUT2D eigenvalue weighted by Crippen LogP contribution is 2.31. The number of likely N-dealkylation sites (tertiary alicyclic amines) is 1. The Morgan fingerprint density at radius 2 is 1.73 bits per heavy atom. The Labute approximate surface area is 194 Å². The topological polar surface area (TPSA) is 71.5 Å². The van der Waals surface area contributed by atoms with E-state index in [9.17, 15) is 4.79 Å². The van der Waals surface area contributed by atoms with Crippen molar-refractivity contribution in [2.75, 3.05) is 39.4 Å². The number of hydrogen-bond acceptors (Lipinski definition) is 6. The maximum Gasteiger partial charge on any atom is 0.244 e. The first-order valence-electron chi connectivity index (χ1n) is 11.7. The molecule has 2 fully saturated rings. The molecule has 170 valence electrons. The van der Waals surface area contributed by atoms with Gasteiger partial charge in [0.15, 0.2) is 5.82 Å². The molecule has 0 spiro atoms. The molecule has 33 heavy (non-hydrogen) atoms. The predicted molar refractivity (Wildman–Crippen MR) is 125 cm³/mol. The number of piperidine rings is 1. The van der Waals surface area contributed by atoms with Gasteiger partial charge >= 0.3 is 0 Å². The second kappa shape index (κ2) is 10.2. The van der Waals surface area contributed by atoms with E-state index in [0.717, 1.165) is 61.7 Å². The molecule has 0 radical (unpaired) electrons. The van der Waals surface area contributed by atoms with Crippen LogP contribution >= 0.6 is 0 Å². The molecule has 2 saturated heterocycles. The Bertz CT molecular complexity index is 1050. The van der Waals surface area contributed by atoms with Gasteiger partial charge in [-0.2, -0.15) is 0 Å². The van der Waals surface area contributed by atoms with Crippen LogP contribution in [-0.2, 0) is 9.53 Å². The van der Waals surface area contributed by atoms with Gasteiger partial charge in [0.25, 0.3) is 0 Å². The number of rotatable bonds is 5. The second-order valence-corrected chi connectivity index (χ2v) is 8.61. The fourth-order valence-corrected chi connectivity index (χ4v) is 4.78. The summed E-state index contributed by atoms with van der Waals surface area (Å²) < 4.78 is 5.52. The monoisotopic (exact) mass is 443 g/mol. The van der Waals surface area contributed by atoms with E-state index in [0.29, 0.717) is 19.1 Å². The minimum atomic E-state index is -0.303. The summed E-state index contributed by atoms with van der Waals surface area (Å²) in [6.07, 6.45) is 7.22. The molecule has 7 nitrogen and oxygen atoms in total. The maximum absolute atomic E-state index is 13.7. The molecule has 1 atom stereocenters. The van der Waals surface area contributed by atoms with Crippen LogP contribution in [0.4, 0.5) is 0 Å². The number of carbonyl (C=O) groups excluding carboxylic acids is 1. The molecule has 7 heteroatoms. The fourth-order valence-electron chi connectivity index (χ4n) is 4.78. The summed E-state index contributed by atoms with van der Waals surface area (Å²) in [6, 6.07) is 15.7. The highest BCUT2D eigenvalue weighted by atomic mass is 16.5. The summed E-state index contributed by atoms with van der Waals surface area (Å²) in [4.78, 5) is 31.5. The average molecular weight is 444 g/mol. The lowest BCUT2D eigenvalue weighted by atomic mass is 9.92. The maximum atomic E-state index is 13.7. The average Bonchev–Trinajstić information content (AvgIpc) is 2.91. The summed E-state index contributed by atoms with van der Waals surface area (Å²) in [5, 5.41) is 0. The SMILES string of the molecule is O=C([C@@H](c1cccnc1)N1CCOCC1)N1CCC(c2ccnc(-c3ccccc3)n2)CC1. The number of benzene rings is 1. The van der Waals surface area contributed by atoms with Gasteiger partial charge < -0.3 is 9.64 Å². The van der Waals surface area contributed by atoms with Crippen LogP contribution in [-0.4, -0.2) is 70.1 Å². The van der Waals surface area contributed by atoms with Gasteiger partial charge in [0.1, 0.15) is 6.04 Å². The summed E-state index contributed by atoms with van der Waals surface area (Å²) >= 11 is 0. The molecule has 0 N–H and O–H groups in total. The molecule has 1 amide bonds. The smallest absolute Gasteiger partial charge is 0.244 e. The highest BCUT2D eigenvalue weighted by Gasteiger charge is 2.34. The molecule has 2 aliphatic heterocycles. The van der Waals surface area contributed by atoms with Gasteiger partial charge in [0.05, 0.1) is 13.2 Å². The van der Waals surface area contributed by atoms with Gasteiger partial charge in [0.2, 0.25) is 5.91 Å². The van der Waals surface area contributed by atoms with Crippen molar-refractivity contribution in [1.82, 2.24) is 24.8 Å². The second-order valence-electron chi connectivity index (χ2n) is 8.61. The van der Waals surface area contributed by atoms with Crippen molar-refractivity contribution < 1.29 is 9.53 Å². The molecule has 0 unspecified atom stereocenters. The zero-order valence-electron chi connectivity index (χ0n) is 18.7. The fraction of sp³-hybridized carbons (Fsp3) is 0.385. The number of hydrogen-bond donors (Lipinski definition) is 0. The van der Waals surface area contributed by atoms with E-state index in [1.807, 2.05) is 65.8 Å². The molecular formula is C26H29N5O2. The first-order chi connectivity index (χ1) is 16.3. The Hall–Kier alpha value is -3.16. The Morgan fingerprint density at radius 1 is 0.939 bits per heavy atom. The molecule has 3 aromatic rings. The number of morpholine rings is 1. The van der Waals surface area contributed by atoms with Crippen molar-refractivity contribution in [3.63, 3.8) is 0 Å². The quantitative estimate of drug-likeness (QED) is 0.603. The summed E-state index contributed by atoms with van der Waals surface area (Å²) in [6.45, 7) is 4.29. The third-order valence-electron chi connectivity index (χ3n) is 6.58. The molecule has 2 aliphatic rings. The van der Waals surface area contributed by atoms with E-state index in [2.05, 4.69) is 14.9 Å². The van der Waals surface area contributed by atoms with Crippen molar-refractivity contribution in [2.24, 2.45) is 0 Å². The molecule has 0 aliphatic carbocycles. The summed E-state index contributed by atoms with van der Waals surface area (Å²) in [7, 11) is 0. The van der Waals surface area contributed by atoms with Crippen LogP contribution < -0.4 is 0 Å². The van der Waals surface area contributed by atoms with E-state index in [1.54, 1.807) is 6.20 Å².